The molecule has 3 rings (SSSR count). The second-order valence-corrected chi connectivity index (χ2v) is 8.05. The van der Waals surface area contributed by atoms with E-state index in [0.29, 0.717) is 24.7 Å². The Morgan fingerprint density at radius 3 is 2.67 bits per heavy atom. The predicted octanol–water partition coefficient (Wildman–Crippen LogP) is 2.37. The van der Waals surface area contributed by atoms with Crippen molar-refractivity contribution in [3.05, 3.63) is 28.7 Å². The zero-order valence-electron chi connectivity index (χ0n) is 11.6. The highest BCUT2D eigenvalue weighted by molar-refractivity contribution is 9.10. The molecule has 21 heavy (non-hydrogen) atoms. The Hall–Kier alpha value is -0.470. The van der Waals surface area contributed by atoms with Crippen LogP contribution in [0.5, 0.6) is 0 Å². The average Bonchev–Trinajstić information content (AvgIpc) is 3.01. The largest absolute Gasteiger partial charge is 0.349 e. The standard InChI is InChI=1S/C14H18BrNO4S/c15-11-4-3-5-12(10-11)21(17,18)16-7-2-1-6-13(16)14-19-8-9-20-14/h3-5,10,13-14H,1-2,6-9H2/t13-/m1/s1. The van der Waals surface area contributed by atoms with Crippen LogP contribution in [0.1, 0.15) is 19.3 Å². The van der Waals surface area contributed by atoms with Crippen molar-refractivity contribution in [3.63, 3.8) is 0 Å². The highest BCUT2D eigenvalue weighted by atomic mass is 79.9. The molecule has 2 aliphatic heterocycles. The number of ether oxygens (including phenoxy) is 2. The molecule has 0 aliphatic carbocycles. The molecular weight excluding hydrogens is 358 g/mol. The molecule has 0 radical (unpaired) electrons. The molecular formula is C14H18BrNO4S. The van der Waals surface area contributed by atoms with E-state index in [1.54, 1.807) is 22.5 Å². The highest BCUT2D eigenvalue weighted by Gasteiger charge is 2.40. The van der Waals surface area contributed by atoms with Gasteiger partial charge in [-0.1, -0.05) is 28.4 Å². The summed E-state index contributed by atoms with van der Waals surface area (Å²) in [6, 6.07) is 6.58. The maximum Gasteiger partial charge on any atom is 0.243 e. The topological polar surface area (TPSA) is 55.8 Å². The molecule has 5 nitrogen and oxygen atoms in total. The van der Waals surface area contributed by atoms with Crippen molar-refractivity contribution in [3.8, 4) is 0 Å². The maximum absolute atomic E-state index is 12.9. The van der Waals surface area contributed by atoms with Crippen LogP contribution in [0.2, 0.25) is 0 Å². The van der Waals surface area contributed by atoms with Gasteiger partial charge in [-0.15, -0.1) is 0 Å². The first-order valence-electron chi connectivity index (χ1n) is 7.10. The lowest BCUT2D eigenvalue weighted by Gasteiger charge is -2.36. The van der Waals surface area contributed by atoms with Crippen molar-refractivity contribution in [2.24, 2.45) is 0 Å². The van der Waals surface area contributed by atoms with Crippen molar-refractivity contribution < 1.29 is 17.9 Å². The summed E-state index contributed by atoms with van der Waals surface area (Å²) in [4.78, 5) is 0.307. The summed E-state index contributed by atoms with van der Waals surface area (Å²) in [5.41, 5.74) is 0. The minimum absolute atomic E-state index is 0.231. The Bertz CT molecular complexity index is 601. The number of halogens is 1. The lowest BCUT2D eigenvalue weighted by Crippen LogP contribution is -2.50. The van der Waals surface area contributed by atoms with Crippen LogP contribution in [-0.4, -0.2) is 44.8 Å². The Labute approximate surface area is 133 Å². The monoisotopic (exact) mass is 375 g/mol. The second kappa shape index (κ2) is 6.34. The predicted molar refractivity (Wildman–Crippen MR) is 81.4 cm³/mol. The van der Waals surface area contributed by atoms with Gasteiger partial charge in [-0.2, -0.15) is 4.31 Å². The van der Waals surface area contributed by atoms with Gasteiger partial charge in [0, 0.05) is 11.0 Å². The third-order valence-electron chi connectivity index (χ3n) is 3.86. The Morgan fingerprint density at radius 2 is 1.95 bits per heavy atom. The summed E-state index contributed by atoms with van der Waals surface area (Å²) in [7, 11) is -3.53. The van der Waals surface area contributed by atoms with E-state index in [0.717, 1.165) is 23.7 Å². The van der Waals surface area contributed by atoms with Gasteiger partial charge in [0.05, 0.1) is 24.2 Å². The molecule has 0 aromatic heterocycles. The third-order valence-corrected chi connectivity index (χ3v) is 6.28. The number of nitrogens with zero attached hydrogens (tertiary/aromatic N) is 1. The Kier molecular flexibility index (Phi) is 4.66. The fraction of sp³-hybridized carbons (Fsp3) is 0.571. The van der Waals surface area contributed by atoms with E-state index in [1.165, 1.54) is 0 Å². The molecule has 0 N–H and O–H groups in total. The second-order valence-electron chi connectivity index (χ2n) is 5.25. The van der Waals surface area contributed by atoms with Gasteiger partial charge in [-0.3, -0.25) is 0 Å². The summed E-state index contributed by atoms with van der Waals surface area (Å²) in [6.45, 7) is 1.58. The first-order chi connectivity index (χ1) is 10.1. The summed E-state index contributed by atoms with van der Waals surface area (Å²) in [5, 5.41) is 0. The smallest absolute Gasteiger partial charge is 0.243 e. The molecule has 2 saturated heterocycles. The quantitative estimate of drug-likeness (QED) is 0.813. The van der Waals surface area contributed by atoms with E-state index in [4.69, 9.17) is 9.47 Å². The van der Waals surface area contributed by atoms with Gasteiger partial charge in [0.2, 0.25) is 10.0 Å². The molecule has 0 amide bonds. The Balaban J connectivity index is 1.91. The van der Waals surface area contributed by atoms with E-state index < -0.39 is 16.3 Å². The normalized spacial score (nSPS) is 25.3. The van der Waals surface area contributed by atoms with Gasteiger partial charge in [-0.05, 0) is 31.0 Å². The van der Waals surface area contributed by atoms with Crippen LogP contribution in [0.4, 0.5) is 0 Å². The molecule has 2 aliphatic rings. The average molecular weight is 376 g/mol. The SMILES string of the molecule is O=S(=O)(c1cccc(Br)c1)N1CCCC[C@@H]1C1OCCO1. The minimum Gasteiger partial charge on any atom is -0.349 e. The van der Waals surface area contributed by atoms with E-state index in [2.05, 4.69) is 15.9 Å². The zero-order valence-corrected chi connectivity index (χ0v) is 14.0. The molecule has 7 heteroatoms. The number of benzene rings is 1. The maximum atomic E-state index is 12.9. The van der Waals surface area contributed by atoms with E-state index >= 15 is 0 Å². The molecule has 0 saturated carbocycles. The minimum atomic E-state index is -3.53. The molecule has 2 heterocycles. The number of hydrogen-bond donors (Lipinski definition) is 0. The summed E-state index contributed by atoms with van der Waals surface area (Å²) >= 11 is 3.33. The van der Waals surface area contributed by atoms with E-state index in [1.807, 2.05) is 6.07 Å². The third kappa shape index (κ3) is 3.17. The Morgan fingerprint density at radius 1 is 1.19 bits per heavy atom. The van der Waals surface area contributed by atoms with Crippen LogP contribution in [0.3, 0.4) is 0 Å². The number of hydrogen-bond acceptors (Lipinski definition) is 4. The molecule has 116 valence electrons. The summed E-state index contributed by atoms with van der Waals surface area (Å²) in [5.74, 6) is 0. The fourth-order valence-electron chi connectivity index (χ4n) is 2.86. The lowest BCUT2D eigenvalue weighted by molar-refractivity contribution is -0.0913. The van der Waals surface area contributed by atoms with Crippen molar-refractivity contribution in [1.29, 1.82) is 0 Å². The van der Waals surface area contributed by atoms with E-state index in [9.17, 15) is 8.42 Å². The summed E-state index contributed by atoms with van der Waals surface area (Å²) in [6.07, 6.45) is 2.21. The zero-order chi connectivity index (χ0) is 14.9. The lowest BCUT2D eigenvalue weighted by atomic mass is 10.0. The van der Waals surface area contributed by atoms with Gasteiger partial charge >= 0.3 is 0 Å². The molecule has 1 aromatic carbocycles. The van der Waals surface area contributed by atoms with Gasteiger partial charge in [0.1, 0.15) is 0 Å². The van der Waals surface area contributed by atoms with Gasteiger partial charge in [0.25, 0.3) is 0 Å². The van der Waals surface area contributed by atoms with Crippen LogP contribution >= 0.6 is 15.9 Å². The first-order valence-corrected chi connectivity index (χ1v) is 9.33. The van der Waals surface area contributed by atoms with Crippen LogP contribution in [0.15, 0.2) is 33.6 Å². The molecule has 0 spiro atoms. The number of rotatable bonds is 3. The summed E-state index contributed by atoms with van der Waals surface area (Å²) < 4.78 is 39.2. The van der Waals surface area contributed by atoms with Crippen LogP contribution in [0, 0.1) is 0 Å². The van der Waals surface area contributed by atoms with Crippen LogP contribution in [0.25, 0.3) is 0 Å². The molecule has 2 fully saturated rings. The van der Waals surface area contributed by atoms with E-state index in [-0.39, 0.29) is 6.04 Å². The van der Waals surface area contributed by atoms with Crippen molar-refractivity contribution in [2.75, 3.05) is 19.8 Å². The molecule has 0 unspecified atom stereocenters. The van der Waals surface area contributed by atoms with Gasteiger partial charge < -0.3 is 9.47 Å². The van der Waals surface area contributed by atoms with Crippen molar-refractivity contribution in [2.45, 2.75) is 36.5 Å². The molecule has 1 aromatic rings. The van der Waals surface area contributed by atoms with Crippen LogP contribution in [-0.2, 0) is 19.5 Å². The molecule has 1 atom stereocenters. The first kappa shape index (κ1) is 15.4. The number of piperidine rings is 1. The van der Waals surface area contributed by atoms with Crippen molar-refractivity contribution >= 4 is 26.0 Å². The van der Waals surface area contributed by atoms with Gasteiger partial charge in [0.15, 0.2) is 6.29 Å². The van der Waals surface area contributed by atoms with Gasteiger partial charge in [-0.25, -0.2) is 8.42 Å². The van der Waals surface area contributed by atoms with Crippen molar-refractivity contribution in [1.82, 2.24) is 4.31 Å². The fourth-order valence-corrected chi connectivity index (χ4v) is 5.14. The number of sulfonamides is 1. The molecule has 0 bridgehead atoms. The highest BCUT2D eigenvalue weighted by Crippen LogP contribution is 2.30. The van der Waals surface area contributed by atoms with Crippen LogP contribution < -0.4 is 0 Å².